The first-order valence-corrected chi connectivity index (χ1v) is 13.3. The van der Waals surface area contributed by atoms with Crippen LogP contribution in [0.4, 0.5) is 14.9 Å². The van der Waals surface area contributed by atoms with E-state index in [2.05, 4.69) is 23.2 Å². The summed E-state index contributed by atoms with van der Waals surface area (Å²) < 4.78 is 25.7. The number of benzene rings is 3. The van der Waals surface area contributed by atoms with Gasteiger partial charge >= 0.3 is 6.09 Å². The molecule has 2 amide bonds. The lowest BCUT2D eigenvalue weighted by atomic mass is 10.1. The van der Waals surface area contributed by atoms with Crippen molar-refractivity contribution in [3.8, 4) is 11.3 Å². The van der Waals surface area contributed by atoms with Gasteiger partial charge in [-0.15, -0.1) is 0 Å². The number of anilines is 1. The molecule has 202 valence electrons. The Morgan fingerprint density at radius 1 is 0.974 bits per heavy atom. The smallest absolute Gasteiger partial charge is 0.409 e. The van der Waals surface area contributed by atoms with Crippen molar-refractivity contribution in [1.29, 1.82) is 0 Å². The van der Waals surface area contributed by atoms with Crippen molar-refractivity contribution < 1.29 is 23.1 Å². The van der Waals surface area contributed by atoms with Crippen LogP contribution in [0.3, 0.4) is 0 Å². The van der Waals surface area contributed by atoms with Crippen molar-refractivity contribution in [3.05, 3.63) is 89.7 Å². The average Bonchev–Trinajstić information content (AvgIpc) is 3.37. The zero-order valence-corrected chi connectivity index (χ0v) is 22.0. The molecule has 0 unspecified atom stereocenters. The number of hydrogen-bond acceptors (Lipinski definition) is 5. The molecule has 2 heterocycles. The number of piperazine rings is 1. The van der Waals surface area contributed by atoms with Gasteiger partial charge in [-0.25, -0.2) is 9.18 Å². The van der Waals surface area contributed by atoms with Crippen LogP contribution in [0.15, 0.2) is 77.2 Å². The molecule has 1 saturated heterocycles. The molecule has 0 spiro atoms. The maximum Gasteiger partial charge on any atom is 0.409 e. The van der Waals surface area contributed by atoms with E-state index in [9.17, 15) is 14.0 Å². The molecule has 1 aliphatic rings. The Labute approximate surface area is 227 Å². The average molecular weight is 530 g/mol. The molecular formula is C31H32FN3O4. The molecule has 1 aliphatic heterocycles. The highest BCUT2D eigenvalue weighted by molar-refractivity contribution is 6.06. The van der Waals surface area contributed by atoms with Crippen molar-refractivity contribution in [2.24, 2.45) is 0 Å². The molecule has 39 heavy (non-hydrogen) atoms. The fraction of sp³-hybridized carbons (Fsp3) is 0.290. The van der Waals surface area contributed by atoms with E-state index in [0.717, 1.165) is 49.0 Å². The van der Waals surface area contributed by atoms with Crippen molar-refractivity contribution in [2.45, 2.75) is 26.3 Å². The number of fused-ring (bicyclic) bond motifs is 1. The molecule has 1 aromatic heterocycles. The lowest BCUT2D eigenvalue weighted by molar-refractivity contribution is 0.0737. The third-order valence-electron chi connectivity index (χ3n) is 6.90. The van der Waals surface area contributed by atoms with E-state index < -0.39 is 11.7 Å². The minimum absolute atomic E-state index is 0.0178. The van der Waals surface area contributed by atoms with E-state index in [1.807, 2.05) is 36.4 Å². The Balaban J connectivity index is 1.25. The first-order valence-electron chi connectivity index (χ1n) is 13.3. The van der Waals surface area contributed by atoms with Crippen LogP contribution in [0.1, 0.15) is 35.7 Å². The normalized spacial score (nSPS) is 13.9. The number of carbonyl (C=O) groups is 2. The molecule has 0 bridgehead atoms. The number of para-hydroxylation sites is 1. The number of ether oxygens (including phenoxy) is 1. The summed E-state index contributed by atoms with van der Waals surface area (Å²) in [7, 11) is 0. The second kappa shape index (κ2) is 12.1. The summed E-state index contributed by atoms with van der Waals surface area (Å²) in [5.74, 6) is -0.480. The second-order valence-electron chi connectivity index (χ2n) is 9.69. The van der Waals surface area contributed by atoms with E-state index in [1.165, 1.54) is 12.1 Å². The van der Waals surface area contributed by atoms with Crippen molar-refractivity contribution in [3.63, 3.8) is 0 Å². The summed E-state index contributed by atoms with van der Waals surface area (Å²) >= 11 is 0. The maximum atomic E-state index is 14.1. The van der Waals surface area contributed by atoms with Gasteiger partial charge in [-0.2, -0.15) is 0 Å². The van der Waals surface area contributed by atoms with Crippen LogP contribution in [-0.2, 0) is 11.3 Å². The molecule has 4 aromatic rings. The molecule has 1 N–H and O–H groups in total. The first kappa shape index (κ1) is 26.4. The monoisotopic (exact) mass is 529 g/mol. The fourth-order valence-corrected chi connectivity index (χ4v) is 4.69. The molecule has 0 saturated carbocycles. The second-order valence-corrected chi connectivity index (χ2v) is 9.69. The molecule has 5 rings (SSSR count). The SMILES string of the molecule is CCCCOC(=O)N1CCN(Cc2ccc3cc(-c4ccccc4NC(=O)c4ccccc4F)oc3c2)CC1. The molecule has 7 nitrogen and oxygen atoms in total. The molecule has 8 heteroatoms. The van der Waals surface area contributed by atoms with Crippen molar-refractivity contribution >= 4 is 28.7 Å². The third-order valence-corrected chi connectivity index (χ3v) is 6.90. The van der Waals surface area contributed by atoms with Crippen LogP contribution in [0.2, 0.25) is 0 Å². The molecular weight excluding hydrogens is 497 g/mol. The van der Waals surface area contributed by atoms with Crippen LogP contribution in [0, 0.1) is 5.82 Å². The lowest BCUT2D eigenvalue weighted by Crippen LogP contribution is -2.48. The molecule has 0 atom stereocenters. The van der Waals surface area contributed by atoms with Crippen molar-refractivity contribution in [1.82, 2.24) is 9.80 Å². The fourth-order valence-electron chi connectivity index (χ4n) is 4.69. The highest BCUT2D eigenvalue weighted by atomic mass is 19.1. The number of amides is 2. The van der Waals surface area contributed by atoms with Gasteiger partial charge < -0.3 is 19.4 Å². The zero-order valence-electron chi connectivity index (χ0n) is 22.0. The molecule has 1 fully saturated rings. The van der Waals surface area contributed by atoms with Gasteiger partial charge in [-0.05, 0) is 48.4 Å². The molecule has 0 aliphatic carbocycles. The van der Waals surface area contributed by atoms with Gasteiger partial charge in [0.1, 0.15) is 17.2 Å². The summed E-state index contributed by atoms with van der Waals surface area (Å²) in [6.07, 6.45) is 1.66. The van der Waals surface area contributed by atoms with Gasteiger partial charge in [0.2, 0.25) is 0 Å². The number of nitrogens with one attached hydrogen (secondary N) is 1. The van der Waals surface area contributed by atoms with Crippen LogP contribution in [0.25, 0.3) is 22.3 Å². The Bertz CT molecular complexity index is 1460. The van der Waals surface area contributed by atoms with Crippen LogP contribution in [-0.4, -0.2) is 54.6 Å². The highest BCUT2D eigenvalue weighted by Crippen LogP contribution is 2.33. The standard InChI is InChI=1S/C31H32FN3O4/c1-2-3-18-38-31(37)35-16-14-34(15-17-35)21-22-12-13-23-20-29(39-28(23)19-22)25-9-5-7-11-27(25)33-30(36)24-8-4-6-10-26(24)32/h4-13,19-20H,2-3,14-18,21H2,1H3,(H,33,36). The third kappa shape index (κ3) is 6.29. The summed E-state index contributed by atoms with van der Waals surface area (Å²) in [5.41, 5.74) is 3.09. The predicted molar refractivity (Wildman–Crippen MR) is 149 cm³/mol. The lowest BCUT2D eigenvalue weighted by Gasteiger charge is -2.34. The van der Waals surface area contributed by atoms with Gasteiger partial charge in [0.15, 0.2) is 0 Å². The number of nitrogens with zero attached hydrogens (tertiary/aromatic N) is 2. The van der Waals surface area contributed by atoms with Gasteiger partial charge in [0.05, 0.1) is 17.9 Å². The van der Waals surface area contributed by atoms with Gasteiger partial charge in [-0.3, -0.25) is 9.69 Å². The van der Waals surface area contributed by atoms with E-state index >= 15 is 0 Å². The number of unbranched alkanes of at least 4 members (excludes halogenated alkanes) is 1. The van der Waals surface area contributed by atoms with E-state index in [0.29, 0.717) is 36.7 Å². The van der Waals surface area contributed by atoms with E-state index in [4.69, 9.17) is 9.15 Å². The Morgan fingerprint density at radius 2 is 1.74 bits per heavy atom. The highest BCUT2D eigenvalue weighted by Gasteiger charge is 2.22. The van der Waals surface area contributed by atoms with Crippen molar-refractivity contribution in [2.75, 3.05) is 38.1 Å². The van der Waals surface area contributed by atoms with E-state index in [1.54, 1.807) is 23.1 Å². The number of rotatable bonds is 8. The minimum atomic E-state index is -0.572. The predicted octanol–water partition coefficient (Wildman–Crippen LogP) is 6.55. The topological polar surface area (TPSA) is 75.0 Å². The molecule has 0 radical (unpaired) electrons. The zero-order chi connectivity index (χ0) is 27.2. The van der Waals surface area contributed by atoms with Crippen LogP contribution >= 0.6 is 0 Å². The van der Waals surface area contributed by atoms with Crippen LogP contribution in [0.5, 0.6) is 0 Å². The molecule has 3 aromatic carbocycles. The summed E-state index contributed by atoms with van der Waals surface area (Å²) in [6.45, 7) is 6.14. The van der Waals surface area contributed by atoms with Gasteiger partial charge in [0, 0.05) is 43.7 Å². The van der Waals surface area contributed by atoms with Gasteiger partial charge in [-0.1, -0.05) is 49.7 Å². The summed E-state index contributed by atoms with van der Waals surface area (Å²) in [4.78, 5) is 29.0. The first-order chi connectivity index (χ1) is 19.0. The largest absolute Gasteiger partial charge is 0.456 e. The summed E-state index contributed by atoms with van der Waals surface area (Å²) in [6, 6.07) is 21.3. The number of carbonyl (C=O) groups excluding carboxylic acids is 2. The maximum absolute atomic E-state index is 14.1. The Hall–Kier alpha value is -4.17. The van der Waals surface area contributed by atoms with E-state index in [-0.39, 0.29) is 11.7 Å². The van der Waals surface area contributed by atoms with Crippen LogP contribution < -0.4 is 5.32 Å². The quantitative estimate of drug-likeness (QED) is 0.262. The Morgan fingerprint density at radius 3 is 2.54 bits per heavy atom. The number of hydrogen-bond donors (Lipinski definition) is 1. The Kier molecular flexibility index (Phi) is 8.22. The minimum Gasteiger partial charge on any atom is -0.456 e. The van der Waals surface area contributed by atoms with Gasteiger partial charge in [0.25, 0.3) is 5.91 Å². The summed E-state index contributed by atoms with van der Waals surface area (Å²) in [5, 5.41) is 3.77. The number of halogens is 1. The number of furan rings is 1.